The van der Waals surface area contributed by atoms with Crippen LogP contribution in [0.1, 0.15) is 15.9 Å². The third kappa shape index (κ3) is 2.60. The van der Waals surface area contributed by atoms with Gasteiger partial charge in [0.1, 0.15) is 11.4 Å². The van der Waals surface area contributed by atoms with Gasteiger partial charge in [-0.3, -0.25) is 0 Å². The Morgan fingerprint density at radius 3 is 2.65 bits per heavy atom. The normalized spacial score (nSPS) is 10.3. The first kappa shape index (κ1) is 14.3. The highest BCUT2D eigenvalue weighted by Gasteiger charge is 2.18. The largest absolute Gasteiger partial charge is 0.478 e. The summed E-state index contributed by atoms with van der Waals surface area (Å²) in [7, 11) is 0. The van der Waals surface area contributed by atoms with Gasteiger partial charge in [0.15, 0.2) is 0 Å². The summed E-state index contributed by atoms with van der Waals surface area (Å²) in [4.78, 5) is 11.2. The molecular weight excluding hydrogens is 327 g/mol. The molecule has 0 aromatic heterocycles. The quantitative estimate of drug-likeness (QED) is 0.741. The van der Waals surface area contributed by atoms with Gasteiger partial charge in [0, 0.05) is 10.2 Å². The number of nitrogens with one attached hydrogen (secondary N) is 1. The van der Waals surface area contributed by atoms with Crippen LogP contribution in [0.4, 0.5) is 21.5 Å². The van der Waals surface area contributed by atoms with E-state index in [9.17, 15) is 14.3 Å². The molecule has 4 nitrogen and oxygen atoms in total. The number of nitrogen functional groups attached to an aromatic ring is 1. The van der Waals surface area contributed by atoms with Crippen molar-refractivity contribution in [2.45, 2.75) is 6.92 Å². The number of aromatic carboxylic acids is 1. The summed E-state index contributed by atoms with van der Waals surface area (Å²) < 4.78 is 14.3. The van der Waals surface area contributed by atoms with E-state index in [0.29, 0.717) is 5.69 Å². The number of carboxylic acid groups (broad SMARTS) is 1. The molecular formula is C14H12BrFN2O2. The summed E-state index contributed by atoms with van der Waals surface area (Å²) in [6, 6.07) is 7.97. The first-order chi connectivity index (χ1) is 9.41. The summed E-state index contributed by atoms with van der Waals surface area (Å²) in [6.07, 6.45) is 0. The number of carbonyl (C=O) groups is 1. The minimum Gasteiger partial charge on any atom is -0.478 e. The van der Waals surface area contributed by atoms with E-state index in [4.69, 9.17) is 5.73 Å². The van der Waals surface area contributed by atoms with Gasteiger partial charge in [0.25, 0.3) is 0 Å². The molecule has 0 fully saturated rings. The SMILES string of the molecule is Cc1c(Br)cccc1Nc1ccc(F)c(N)c1C(=O)O. The van der Waals surface area contributed by atoms with Crippen molar-refractivity contribution in [3.05, 3.63) is 51.7 Å². The smallest absolute Gasteiger partial charge is 0.340 e. The second-order valence-corrected chi connectivity index (χ2v) is 5.08. The van der Waals surface area contributed by atoms with Crippen LogP contribution in [0.3, 0.4) is 0 Å². The van der Waals surface area contributed by atoms with E-state index >= 15 is 0 Å². The van der Waals surface area contributed by atoms with Crippen LogP contribution in [0.25, 0.3) is 0 Å². The average Bonchev–Trinajstić information content (AvgIpc) is 2.39. The van der Waals surface area contributed by atoms with E-state index in [0.717, 1.165) is 16.1 Å². The Kier molecular flexibility index (Phi) is 3.94. The van der Waals surface area contributed by atoms with Crippen molar-refractivity contribution in [3.8, 4) is 0 Å². The van der Waals surface area contributed by atoms with Gasteiger partial charge in [0.05, 0.1) is 11.4 Å². The molecule has 0 heterocycles. The third-order valence-corrected chi connectivity index (χ3v) is 3.80. The average molecular weight is 339 g/mol. The predicted octanol–water partition coefficient (Wildman–Crippen LogP) is 3.92. The number of hydrogen-bond donors (Lipinski definition) is 3. The number of nitrogens with two attached hydrogens (primary N) is 1. The van der Waals surface area contributed by atoms with E-state index in [1.165, 1.54) is 6.07 Å². The van der Waals surface area contributed by atoms with Gasteiger partial charge in [0.2, 0.25) is 0 Å². The van der Waals surface area contributed by atoms with Crippen molar-refractivity contribution in [2.75, 3.05) is 11.1 Å². The fourth-order valence-electron chi connectivity index (χ4n) is 1.82. The van der Waals surface area contributed by atoms with Crippen LogP contribution in [0.2, 0.25) is 0 Å². The molecule has 0 aliphatic heterocycles. The molecule has 2 aromatic carbocycles. The van der Waals surface area contributed by atoms with Crippen molar-refractivity contribution in [3.63, 3.8) is 0 Å². The van der Waals surface area contributed by atoms with Gasteiger partial charge in [-0.25, -0.2) is 9.18 Å². The lowest BCUT2D eigenvalue weighted by atomic mass is 10.1. The zero-order chi connectivity index (χ0) is 14.9. The predicted molar refractivity (Wildman–Crippen MR) is 79.9 cm³/mol. The molecule has 0 radical (unpaired) electrons. The molecule has 0 atom stereocenters. The minimum absolute atomic E-state index is 0.248. The maximum absolute atomic E-state index is 13.4. The zero-order valence-corrected chi connectivity index (χ0v) is 12.2. The zero-order valence-electron chi connectivity index (χ0n) is 10.6. The van der Waals surface area contributed by atoms with Crippen molar-refractivity contribution in [1.82, 2.24) is 0 Å². The molecule has 0 bridgehead atoms. The van der Waals surface area contributed by atoms with Crippen LogP contribution in [0, 0.1) is 12.7 Å². The van der Waals surface area contributed by atoms with E-state index in [-0.39, 0.29) is 16.9 Å². The van der Waals surface area contributed by atoms with Crippen LogP contribution < -0.4 is 11.1 Å². The number of anilines is 3. The molecule has 0 saturated heterocycles. The van der Waals surface area contributed by atoms with Crippen LogP contribution in [0.5, 0.6) is 0 Å². The maximum Gasteiger partial charge on any atom is 0.340 e. The van der Waals surface area contributed by atoms with E-state index in [1.54, 1.807) is 6.07 Å². The molecule has 104 valence electrons. The second kappa shape index (κ2) is 5.50. The van der Waals surface area contributed by atoms with E-state index in [2.05, 4.69) is 21.2 Å². The van der Waals surface area contributed by atoms with Crippen molar-refractivity contribution in [2.24, 2.45) is 0 Å². The molecule has 2 aromatic rings. The Morgan fingerprint density at radius 1 is 1.30 bits per heavy atom. The molecule has 0 aliphatic rings. The van der Waals surface area contributed by atoms with Gasteiger partial charge in [-0.1, -0.05) is 22.0 Å². The lowest BCUT2D eigenvalue weighted by Gasteiger charge is -2.14. The van der Waals surface area contributed by atoms with Crippen molar-refractivity contribution < 1.29 is 14.3 Å². The molecule has 20 heavy (non-hydrogen) atoms. The molecule has 0 saturated carbocycles. The lowest BCUT2D eigenvalue weighted by molar-refractivity contribution is 0.0698. The van der Waals surface area contributed by atoms with Crippen LogP contribution >= 0.6 is 15.9 Å². The number of rotatable bonds is 3. The molecule has 0 aliphatic carbocycles. The number of carboxylic acids is 1. The minimum atomic E-state index is -1.28. The van der Waals surface area contributed by atoms with E-state index < -0.39 is 11.8 Å². The molecule has 2 rings (SSSR count). The first-order valence-electron chi connectivity index (χ1n) is 5.75. The molecule has 0 amide bonds. The standard InChI is InChI=1S/C14H12BrFN2O2/c1-7-8(15)3-2-4-10(7)18-11-6-5-9(16)13(17)12(11)14(19)20/h2-6,18H,17H2,1H3,(H,19,20). The maximum atomic E-state index is 13.4. The first-order valence-corrected chi connectivity index (χ1v) is 6.54. The van der Waals surface area contributed by atoms with Crippen LogP contribution in [-0.4, -0.2) is 11.1 Å². The summed E-state index contributed by atoms with van der Waals surface area (Å²) in [5.74, 6) is -2.03. The Hall–Kier alpha value is -2.08. The highest BCUT2D eigenvalue weighted by Crippen LogP contribution is 2.31. The van der Waals surface area contributed by atoms with Crippen LogP contribution in [0.15, 0.2) is 34.8 Å². The van der Waals surface area contributed by atoms with Gasteiger partial charge >= 0.3 is 5.97 Å². The van der Waals surface area contributed by atoms with Gasteiger partial charge in [-0.05, 0) is 36.8 Å². The molecule has 0 spiro atoms. The topological polar surface area (TPSA) is 75.3 Å². The highest BCUT2D eigenvalue weighted by molar-refractivity contribution is 9.10. The fraction of sp³-hybridized carbons (Fsp3) is 0.0714. The number of benzene rings is 2. The highest BCUT2D eigenvalue weighted by atomic mass is 79.9. The van der Waals surface area contributed by atoms with Gasteiger partial charge in [-0.15, -0.1) is 0 Å². The second-order valence-electron chi connectivity index (χ2n) is 4.23. The summed E-state index contributed by atoms with van der Waals surface area (Å²) in [5.41, 5.74) is 6.72. The Morgan fingerprint density at radius 2 is 2.00 bits per heavy atom. The Bertz CT molecular complexity index is 689. The Balaban J connectivity index is 2.52. The van der Waals surface area contributed by atoms with Crippen LogP contribution in [-0.2, 0) is 0 Å². The summed E-state index contributed by atoms with van der Waals surface area (Å²) in [6.45, 7) is 1.87. The molecule has 6 heteroatoms. The summed E-state index contributed by atoms with van der Waals surface area (Å²) in [5, 5.41) is 12.2. The third-order valence-electron chi connectivity index (χ3n) is 2.94. The molecule has 4 N–H and O–H groups in total. The number of hydrogen-bond acceptors (Lipinski definition) is 3. The van der Waals surface area contributed by atoms with Crippen molar-refractivity contribution >= 4 is 39.0 Å². The lowest BCUT2D eigenvalue weighted by Crippen LogP contribution is -2.09. The summed E-state index contributed by atoms with van der Waals surface area (Å²) >= 11 is 3.39. The number of halogens is 2. The molecule has 0 unspecified atom stereocenters. The van der Waals surface area contributed by atoms with Crippen molar-refractivity contribution in [1.29, 1.82) is 0 Å². The van der Waals surface area contributed by atoms with Gasteiger partial charge < -0.3 is 16.2 Å². The van der Waals surface area contributed by atoms with E-state index in [1.807, 2.05) is 19.1 Å². The Labute approximate surface area is 123 Å². The fourth-order valence-corrected chi connectivity index (χ4v) is 2.18. The van der Waals surface area contributed by atoms with Gasteiger partial charge in [-0.2, -0.15) is 0 Å². The monoisotopic (exact) mass is 338 g/mol.